The first-order chi connectivity index (χ1) is 16.8. The van der Waals surface area contributed by atoms with Crippen LogP contribution in [0.4, 0.5) is 5.69 Å². The summed E-state index contributed by atoms with van der Waals surface area (Å²) < 4.78 is 67.7. The summed E-state index contributed by atoms with van der Waals surface area (Å²) in [5.41, 5.74) is 4.55. The molecule has 0 atom stereocenters. The van der Waals surface area contributed by atoms with E-state index < -0.39 is 35.8 Å². The van der Waals surface area contributed by atoms with Gasteiger partial charge in [-0.2, -0.15) is 16.8 Å². The second-order valence-electron chi connectivity index (χ2n) is 8.18. The largest absolute Gasteiger partial charge is 1.00 e. The van der Waals surface area contributed by atoms with Gasteiger partial charge in [0.1, 0.15) is 15.5 Å². The molecular weight excluding hydrogens is 527 g/mol. The van der Waals surface area contributed by atoms with Crippen LogP contribution in [-0.2, 0) is 20.2 Å². The fourth-order valence-corrected chi connectivity index (χ4v) is 5.38. The van der Waals surface area contributed by atoms with E-state index in [2.05, 4.69) is 10.3 Å². The Bertz CT molecular complexity index is 1560. The summed E-state index contributed by atoms with van der Waals surface area (Å²) in [6, 6.07) is 6.84. The van der Waals surface area contributed by atoms with Crippen molar-refractivity contribution in [1.29, 1.82) is 0 Å². The maximum absolute atomic E-state index is 12.4. The third-order valence-corrected chi connectivity index (χ3v) is 7.36. The van der Waals surface area contributed by atoms with Crippen LogP contribution in [0.3, 0.4) is 0 Å². The van der Waals surface area contributed by atoms with E-state index in [-0.39, 0.29) is 36.5 Å². The van der Waals surface area contributed by atoms with E-state index in [0.29, 0.717) is 35.9 Å². The summed E-state index contributed by atoms with van der Waals surface area (Å²) in [7, 11) is -9.97. The molecule has 37 heavy (non-hydrogen) atoms. The van der Waals surface area contributed by atoms with Crippen LogP contribution < -0.4 is 34.9 Å². The number of nitrogens with zero attached hydrogens (tertiary/aromatic N) is 1. The Kier molecular flexibility index (Phi) is 10.1. The van der Waals surface area contributed by atoms with Crippen molar-refractivity contribution < 1.29 is 62.0 Å². The molecule has 0 fully saturated rings. The fourth-order valence-electron chi connectivity index (χ4n) is 4.01. The van der Waals surface area contributed by atoms with Crippen molar-refractivity contribution in [2.24, 2.45) is 4.99 Å². The molecule has 0 aromatic heterocycles. The van der Waals surface area contributed by atoms with Crippen molar-refractivity contribution in [2.75, 3.05) is 18.4 Å². The Morgan fingerprint density at radius 3 is 2.14 bits per heavy atom. The number of anilines is 1. The van der Waals surface area contributed by atoms with Gasteiger partial charge in [0, 0.05) is 24.3 Å². The Morgan fingerprint density at radius 1 is 0.973 bits per heavy atom. The number of phenols is 1. The molecule has 0 saturated carbocycles. The molecule has 0 heterocycles. The zero-order valence-electron chi connectivity index (χ0n) is 22.3. The number of rotatable bonds is 7. The Balaban J connectivity index is 0.00000361. The number of aliphatic imine (C=N–C) groups is 1. The summed E-state index contributed by atoms with van der Waals surface area (Å²) >= 11 is 0. The number of phenolic OH excluding ortho intramolecular Hbond substituents is 1. The number of hydrogen-bond acceptors (Lipinski definition) is 7. The molecule has 0 spiro atoms. The topological polar surface area (TPSA) is 153 Å². The van der Waals surface area contributed by atoms with E-state index in [1.165, 1.54) is 0 Å². The third kappa shape index (κ3) is 6.99. The molecule has 3 rings (SSSR count). The molecule has 1 aliphatic carbocycles. The molecule has 0 bridgehead atoms. The van der Waals surface area contributed by atoms with Gasteiger partial charge in [-0.3, -0.25) is 14.1 Å². The standard InChI is InChI=1S/C25H28N2O7S2.Na.H/c1-5-26-20-9-7-17(11-15(20)3)25(18-8-10-21(27-6-2)16(4)12-18)19-13-22(28)24(36(32,33)34)14-23(19)35(29,30)31;;/h7-14,26,28H,5-6H2,1-4H3,(H,29,30,31)(H,32,33,34);;/q;+1;-1. The van der Waals surface area contributed by atoms with Gasteiger partial charge in [0.05, 0.1) is 5.71 Å². The molecule has 2 aromatic carbocycles. The summed E-state index contributed by atoms with van der Waals surface area (Å²) in [6.07, 6.45) is 5.29. The molecule has 194 valence electrons. The van der Waals surface area contributed by atoms with Gasteiger partial charge in [0.15, 0.2) is 0 Å². The normalized spacial score (nSPS) is 16.3. The third-order valence-electron chi connectivity index (χ3n) is 5.58. The number of nitrogens with one attached hydrogen (secondary N) is 1. The molecule has 0 unspecified atom stereocenters. The molecule has 1 aliphatic rings. The van der Waals surface area contributed by atoms with Crippen LogP contribution >= 0.6 is 0 Å². The fraction of sp³-hybridized carbons (Fsp3) is 0.240. The first-order valence-corrected chi connectivity index (χ1v) is 14.0. The number of aromatic hydroxyl groups is 1. The van der Waals surface area contributed by atoms with E-state index >= 15 is 0 Å². The van der Waals surface area contributed by atoms with Gasteiger partial charge >= 0.3 is 29.6 Å². The van der Waals surface area contributed by atoms with E-state index in [1.807, 2.05) is 39.8 Å². The second-order valence-corrected chi connectivity index (χ2v) is 11.0. The van der Waals surface area contributed by atoms with Crippen molar-refractivity contribution in [3.63, 3.8) is 0 Å². The monoisotopic (exact) mass is 556 g/mol. The average molecular weight is 557 g/mol. The second kappa shape index (κ2) is 12.1. The van der Waals surface area contributed by atoms with Crippen LogP contribution in [0.25, 0.3) is 5.57 Å². The quantitative estimate of drug-likeness (QED) is 0.296. The first-order valence-electron chi connectivity index (χ1n) is 11.1. The Labute approximate surface area is 241 Å². The van der Waals surface area contributed by atoms with Gasteiger partial charge in [0.2, 0.25) is 0 Å². The van der Waals surface area contributed by atoms with E-state index in [0.717, 1.165) is 28.6 Å². The maximum Gasteiger partial charge on any atom is 1.00 e. The predicted molar refractivity (Wildman–Crippen MR) is 141 cm³/mol. The van der Waals surface area contributed by atoms with E-state index in [9.17, 15) is 31.0 Å². The number of aryl methyl sites for hydroxylation is 1. The molecule has 4 N–H and O–H groups in total. The van der Waals surface area contributed by atoms with Crippen LogP contribution in [0.5, 0.6) is 5.75 Å². The molecule has 2 aromatic rings. The van der Waals surface area contributed by atoms with Crippen molar-refractivity contribution >= 4 is 37.2 Å². The molecule has 0 aliphatic heterocycles. The van der Waals surface area contributed by atoms with Crippen molar-refractivity contribution in [2.45, 2.75) is 37.5 Å². The Morgan fingerprint density at radius 2 is 1.62 bits per heavy atom. The van der Waals surface area contributed by atoms with Gasteiger partial charge in [-0.25, -0.2) is 0 Å². The van der Waals surface area contributed by atoms with E-state index in [1.54, 1.807) is 24.3 Å². The van der Waals surface area contributed by atoms with Crippen molar-refractivity contribution in [3.8, 4) is 5.75 Å². The van der Waals surface area contributed by atoms with Gasteiger partial charge in [-0.05, 0) is 92.0 Å². The Hall–Kier alpha value is -2.25. The van der Waals surface area contributed by atoms with Crippen LogP contribution in [0, 0.1) is 6.92 Å². The summed E-state index contributed by atoms with van der Waals surface area (Å²) in [5.74, 6) is -0.868. The molecule has 0 amide bonds. The van der Waals surface area contributed by atoms with Crippen molar-refractivity contribution in [3.05, 3.63) is 76.4 Å². The number of hydrogen-bond donors (Lipinski definition) is 4. The van der Waals surface area contributed by atoms with Crippen LogP contribution in [0.15, 0.2) is 74.5 Å². The van der Waals surface area contributed by atoms with Crippen LogP contribution in [0.1, 0.15) is 38.9 Å². The number of allylic oxidation sites excluding steroid dienone is 5. The molecule has 12 heteroatoms. The smallest absolute Gasteiger partial charge is 1.00 e. The minimum atomic E-state index is -4.99. The van der Waals surface area contributed by atoms with Crippen LogP contribution in [0.2, 0.25) is 0 Å². The first kappa shape index (κ1) is 31.0. The molecular formula is C25H29N2NaO7S2. The summed E-state index contributed by atoms with van der Waals surface area (Å²) in [5, 5.41) is 13.7. The number of benzene rings is 2. The van der Waals surface area contributed by atoms with Crippen LogP contribution in [-0.4, -0.2) is 49.8 Å². The molecule has 0 radical (unpaired) electrons. The SMILES string of the molecule is CCN=C1C=CC(=C(c2ccc(NCC)c(C)c2)c2cc(O)c(S(=O)(=O)O)cc2S(=O)(=O)O)C=C1C.[H-].[Na+]. The average Bonchev–Trinajstić information content (AvgIpc) is 2.76. The summed E-state index contributed by atoms with van der Waals surface area (Å²) in [4.78, 5) is 2.60. The predicted octanol–water partition coefficient (Wildman–Crippen LogP) is 1.52. The molecule has 9 nitrogen and oxygen atoms in total. The van der Waals surface area contributed by atoms with Gasteiger partial charge < -0.3 is 11.8 Å². The van der Waals surface area contributed by atoms with Gasteiger partial charge in [-0.15, -0.1) is 0 Å². The summed E-state index contributed by atoms with van der Waals surface area (Å²) in [6.45, 7) is 8.83. The zero-order chi connectivity index (χ0) is 26.8. The van der Waals surface area contributed by atoms with Gasteiger partial charge in [0.25, 0.3) is 20.2 Å². The minimum absolute atomic E-state index is 0. The van der Waals surface area contributed by atoms with E-state index in [4.69, 9.17) is 0 Å². The van der Waals surface area contributed by atoms with Gasteiger partial charge in [-0.1, -0.05) is 12.1 Å². The zero-order valence-corrected chi connectivity index (χ0v) is 24.9. The maximum atomic E-state index is 12.4. The van der Waals surface area contributed by atoms with Crippen molar-refractivity contribution in [1.82, 2.24) is 0 Å². The minimum Gasteiger partial charge on any atom is -1.00 e. The molecule has 0 saturated heterocycles.